The number of piperidine rings is 1. The van der Waals surface area contributed by atoms with E-state index in [0.29, 0.717) is 6.04 Å². The van der Waals surface area contributed by atoms with Gasteiger partial charge in [-0.05, 0) is 50.2 Å². The van der Waals surface area contributed by atoms with Crippen molar-refractivity contribution in [3.05, 3.63) is 28.3 Å². The molecule has 2 heterocycles. The first-order chi connectivity index (χ1) is 9.78. The van der Waals surface area contributed by atoms with E-state index in [-0.39, 0.29) is 0 Å². The number of rotatable bonds is 4. The van der Waals surface area contributed by atoms with E-state index in [0.717, 1.165) is 50.0 Å². The van der Waals surface area contributed by atoms with Crippen LogP contribution in [0, 0.1) is 0 Å². The molecule has 0 aromatic heterocycles. The Morgan fingerprint density at radius 3 is 2.90 bits per heavy atom. The molecule has 0 radical (unpaired) electrons. The fourth-order valence-corrected chi connectivity index (χ4v) is 3.62. The van der Waals surface area contributed by atoms with Crippen molar-refractivity contribution >= 4 is 11.6 Å². The van der Waals surface area contributed by atoms with Crippen LogP contribution < -0.4 is 10.1 Å². The van der Waals surface area contributed by atoms with Gasteiger partial charge < -0.3 is 10.1 Å². The van der Waals surface area contributed by atoms with E-state index in [1.807, 2.05) is 6.07 Å². The number of hydrogen-bond acceptors (Lipinski definition) is 3. The molecule has 1 aromatic rings. The minimum absolute atomic E-state index is 0.678. The van der Waals surface area contributed by atoms with Crippen LogP contribution in [0.4, 0.5) is 0 Å². The van der Waals surface area contributed by atoms with Crippen LogP contribution in [0.5, 0.6) is 5.75 Å². The molecular formula is C16H23ClN2O. The Labute approximate surface area is 126 Å². The monoisotopic (exact) mass is 294 g/mol. The fraction of sp³-hybridized carbons (Fsp3) is 0.625. The zero-order chi connectivity index (χ0) is 13.9. The van der Waals surface area contributed by atoms with E-state index in [9.17, 15) is 0 Å². The molecule has 1 N–H and O–H groups in total. The molecule has 20 heavy (non-hydrogen) atoms. The minimum Gasteiger partial charge on any atom is -0.493 e. The second kappa shape index (κ2) is 6.33. The lowest BCUT2D eigenvalue weighted by Gasteiger charge is -2.34. The predicted molar refractivity (Wildman–Crippen MR) is 82.6 cm³/mol. The van der Waals surface area contributed by atoms with Crippen molar-refractivity contribution in [3.63, 3.8) is 0 Å². The average Bonchev–Trinajstić information content (AvgIpc) is 2.93. The highest BCUT2D eigenvalue weighted by molar-refractivity contribution is 6.30. The Hall–Kier alpha value is -0.770. The predicted octanol–water partition coefficient (Wildman–Crippen LogP) is 2.85. The Morgan fingerprint density at radius 1 is 1.35 bits per heavy atom. The van der Waals surface area contributed by atoms with Gasteiger partial charge in [0.15, 0.2) is 0 Å². The standard InChI is InChI=1S/C16H23ClN2O/c1-2-19(15-3-6-18-7-4-15)11-13-10-14(17)9-12-5-8-20-16(12)13/h9-10,15,18H,2-8,11H2,1H3. The lowest BCUT2D eigenvalue weighted by molar-refractivity contribution is 0.160. The SMILES string of the molecule is CCN(Cc1cc(Cl)cc2c1OCC2)C1CCNCC1. The van der Waals surface area contributed by atoms with Gasteiger partial charge in [0.1, 0.15) is 5.75 Å². The molecular weight excluding hydrogens is 272 g/mol. The Kier molecular flexibility index (Phi) is 4.49. The van der Waals surface area contributed by atoms with Gasteiger partial charge in [-0.2, -0.15) is 0 Å². The molecule has 1 aromatic carbocycles. The first kappa shape index (κ1) is 14.2. The van der Waals surface area contributed by atoms with Gasteiger partial charge in [-0.1, -0.05) is 18.5 Å². The van der Waals surface area contributed by atoms with Crippen LogP contribution in [0.2, 0.25) is 5.02 Å². The number of halogens is 1. The lowest BCUT2D eigenvalue weighted by atomic mass is 10.0. The van der Waals surface area contributed by atoms with Gasteiger partial charge in [-0.25, -0.2) is 0 Å². The number of ether oxygens (including phenoxy) is 1. The molecule has 0 unspecified atom stereocenters. The molecule has 2 aliphatic heterocycles. The van der Waals surface area contributed by atoms with Gasteiger partial charge in [0.25, 0.3) is 0 Å². The first-order valence-electron chi connectivity index (χ1n) is 7.66. The van der Waals surface area contributed by atoms with Crippen LogP contribution >= 0.6 is 11.6 Å². The van der Waals surface area contributed by atoms with Crippen LogP contribution in [-0.2, 0) is 13.0 Å². The van der Waals surface area contributed by atoms with Crippen molar-refractivity contribution in [2.75, 3.05) is 26.2 Å². The third-order valence-corrected chi connectivity index (χ3v) is 4.65. The number of hydrogen-bond donors (Lipinski definition) is 1. The molecule has 0 amide bonds. The number of fused-ring (bicyclic) bond motifs is 1. The summed E-state index contributed by atoms with van der Waals surface area (Å²) in [6.45, 7) is 7.32. The second-order valence-corrected chi connectivity index (χ2v) is 6.13. The van der Waals surface area contributed by atoms with Gasteiger partial charge in [-0.15, -0.1) is 0 Å². The summed E-state index contributed by atoms with van der Waals surface area (Å²) in [7, 11) is 0. The Morgan fingerprint density at radius 2 is 2.15 bits per heavy atom. The first-order valence-corrected chi connectivity index (χ1v) is 8.04. The van der Waals surface area contributed by atoms with Crippen LogP contribution in [-0.4, -0.2) is 37.2 Å². The highest BCUT2D eigenvalue weighted by Crippen LogP contribution is 2.34. The van der Waals surface area contributed by atoms with Gasteiger partial charge in [0.2, 0.25) is 0 Å². The molecule has 110 valence electrons. The maximum Gasteiger partial charge on any atom is 0.127 e. The molecule has 0 atom stereocenters. The maximum absolute atomic E-state index is 6.26. The topological polar surface area (TPSA) is 24.5 Å². The summed E-state index contributed by atoms with van der Waals surface area (Å²) in [6, 6.07) is 4.81. The lowest BCUT2D eigenvalue weighted by Crippen LogP contribution is -2.42. The van der Waals surface area contributed by atoms with E-state index in [1.54, 1.807) is 0 Å². The molecule has 2 aliphatic rings. The molecule has 0 aliphatic carbocycles. The van der Waals surface area contributed by atoms with Gasteiger partial charge in [0, 0.05) is 29.6 Å². The summed E-state index contributed by atoms with van der Waals surface area (Å²) in [5.41, 5.74) is 2.53. The van der Waals surface area contributed by atoms with Gasteiger partial charge in [-0.3, -0.25) is 4.90 Å². The van der Waals surface area contributed by atoms with E-state index in [2.05, 4.69) is 23.2 Å². The zero-order valence-electron chi connectivity index (χ0n) is 12.1. The quantitative estimate of drug-likeness (QED) is 0.924. The second-order valence-electron chi connectivity index (χ2n) is 5.70. The van der Waals surface area contributed by atoms with E-state index >= 15 is 0 Å². The maximum atomic E-state index is 6.26. The zero-order valence-corrected chi connectivity index (χ0v) is 12.9. The molecule has 3 nitrogen and oxygen atoms in total. The summed E-state index contributed by atoms with van der Waals surface area (Å²) < 4.78 is 5.82. The van der Waals surface area contributed by atoms with Crippen LogP contribution in [0.3, 0.4) is 0 Å². The summed E-state index contributed by atoms with van der Waals surface area (Å²) in [5.74, 6) is 1.08. The fourth-order valence-electron chi connectivity index (χ4n) is 3.35. The number of nitrogens with one attached hydrogen (secondary N) is 1. The molecule has 0 saturated carbocycles. The van der Waals surface area contributed by atoms with Crippen molar-refractivity contribution < 1.29 is 4.74 Å². The molecule has 0 bridgehead atoms. The van der Waals surface area contributed by atoms with Crippen molar-refractivity contribution in [2.45, 2.75) is 38.8 Å². The molecule has 1 saturated heterocycles. The number of benzene rings is 1. The normalized spacial score (nSPS) is 19.1. The van der Waals surface area contributed by atoms with Crippen LogP contribution in [0.25, 0.3) is 0 Å². The van der Waals surface area contributed by atoms with Crippen LogP contribution in [0.15, 0.2) is 12.1 Å². The molecule has 1 fully saturated rings. The third kappa shape index (κ3) is 2.95. The minimum atomic E-state index is 0.678. The summed E-state index contributed by atoms with van der Waals surface area (Å²) in [6.07, 6.45) is 3.46. The largest absolute Gasteiger partial charge is 0.493 e. The number of nitrogens with zero attached hydrogens (tertiary/aromatic N) is 1. The van der Waals surface area contributed by atoms with E-state index in [1.165, 1.54) is 24.0 Å². The Balaban J connectivity index is 1.78. The summed E-state index contributed by atoms with van der Waals surface area (Å²) in [5, 5.41) is 4.27. The van der Waals surface area contributed by atoms with Crippen molar-refractivity contribution in [1.82, 2.24) is 10.2 Å². The highest BCUT2D eigenvalue weighted by atomic mass is 35.5. The van der Waals surface area contributed by atoms with Gasteiger partial charge >= 0.3 is 0 Å². The van der Waals surface area contributed by atoms with Crippen molar-refractivity contribution in [1.29, 1.82) is 0 Å². The van der Waals surface area contributed by atoms with E-state index in [4.69, 9.17) is 16.3 Å². The molecule has 3 rings (SSSR count). The average molecular weight is 295 g/mol. The van der Waals surface area contributed by atoms with Crippen molar-refractivity contribution in [2.24, 2.45) is 0 Å². The molecule has 0 spiro atoms. The van der Waals surface area contributed by atoms with Crippen LogP contribution in [0.1, 0.15) is 30.9 Å². The smallest absolute Gasteiger partial charge is 0.127 e. The third-order valence-electron chi connectivity index (χ3n) is 4.43. The van der Waals surface area contributed by atoms with E-state index < -0.39 is 0 Å². The summed E-state index contributed by atoms with van der Waals surface area (Å²) >= 11 is 6.26. The van der Waals surface area contributed by atoms with Gasteiger partial charge in [0.05, 0.1) is 6.61 Å². The van der Waals surface area contributed by atoms with Crippen molar-refractivity contribution in [3.8, 4) is 5.75 Å². The molecule has 4 heteroatoms. The summed E-state index contributed by atoms with van der Waals surface area (Å²) in [4.78, 5) is 2.56. The Bertz CT molecular complexity index is 472. The highest BCUT2D eigenvalue weighted by Gasteiger charge is 2.23.